The van der Waals surface area contributed by atoms with Crippen LogP contribution in [0.4, 0.5) is 0 Å². The minimum Gasteiger partial charge on any atom is -0.303 e. The van der Waals surface area contributed by atoms with Gasteiger partial charge in [-0.3, -0.25) is 0 Å². The molecular weight excluding hydrogens is 364 g/mol. The van der Waals surface area contributed by atoms with Crippen LogP contribution in [0.15, 0.2) is 77.8 Å². The van der Waals surface area contributed by atoms with Crippen molar-refractivity contribution in [2.45, 2.75) is 24.4 Å². The van der Waals surface area contributed by atoms with Gasteiger partial charge in [-0.15, -0.1) is 11.8 Å². The van der Waals surface area contributed by atoms with Crippen molar-refractivity contribution in [1.82, 2.24) is 19.7 Å². The summed E-state index contributed by atoms with van der Waals surface area (Å²) in [5.74, 6) is 1.12. The van der Waals surface area contributed by atoms with Gasteiger partial charge in [0.25, 0.3) is 0 Å². The zero-order valence-electron chi connectivity index (χ0n) is 16.0. The number of benzene rings is 2. The number of fused-ring (bicyclic) bond motifs is 3. The van der Waals surface area contributed by atoms with E-state index in [9.17, 15) is 0 Å². The third-order valence-electron chi connectivity index (χ3n) is 5.39. The third kappa shape index (κ3) is 2.79. The summed E-state index contributed by atoms with van der Waals surface area (Å²) in [4.78, 5) is 1.28. The van der Waals surface area contributed by atoms with Gasteiger partial charge >= 0.3 is 0 Å². The van der Waals surface area contributed by atoms with E-state index < -0.39 is 0 Å². The molecule has 0 saturated carbocycles. The second kappa shape index (κ2) is 7.00. The number of para-hydroxylation sites is 1. The van der Waals surface area contributed by atoms with Crippen LogP contribution in [0, 0.1) is 6.92 Å². The fourth-order valence-corrected chi connectivity index (χ4v) is 4.38. The van der Waals surface area contributed by atoms with Gasteiger partial charge in [-0.2, -0.15) is 5.10 Å². The van der Waals surface area contributed by atoms with Gasteiger partial charge in [0, 0.05) is 28.9 Å². The molecule has 2 aromatic heterocycles. The summed E-state index contributed by atoms with van der Waals surface area (Å²) in [5, 5.41) is 8.61. The van der Waals surface area contributed by atoms with Crippen molar-refractivity contribution in [1.29, 1.82) is 0 Å². The lowest BCUT2D eigenvalue weighted by Crippen LogP contribution is -2.21. The second-order valence-corrected chi connectivity index (χ2v) is 7.90. The van der Waals surface area contributed by atoms with E-state index in [1.54, 1.807) is 11.8 Å². The van der Waals surface area contributed by atoms with E-state index in [2.05, 4.69) is 94.6 Å². The van der Waals surface area contributed by atoms with Crippen LogP contribution in [-0.2, 0) is 6.54 Å². The van der Waals surface area contributed by atoms with Crippen molar-refractivity contribution >= 4 is 11.8 Å². The van der Waals surface area contributed by atoms with Crippen LogP contribution < -0.4 is 5.32 Å². The molecule has 0 aliphatic carbocycles. The Morgan fingerprint density at radius 2 is 1.79 bits per heavy atom. The molecule has 0 fully saturated rings. The standard InChI is InChI=1S/C23H22N4S/c1-16-20-15-24-22(17-10-12-19(28-2)13-11-17)21-9-6-14-26(21)23(20)27(25-16)18-7-4-3-5-8-18/h3-14,22,24H,15H2,1-2H3/t22-/m1/s1. The third-order valence-corrected chi connectivity index (χ3v) is 6.14. The molecule has 140 valence electrons. The number of nitrogens with one attached hydrogen (secondary N) is 1. The van der Waals surface area contributed by atoms with Gasteiger partial charge in [-0.1, -0.05) is 30.3 Å². The molecule has 0 saturated heterocycles. The topological polar surface area (TPSA) is 34.8 Å². The number of aromatic nitrogens is 3. The van der Waals surface area contributed by atoms with Crippen molar-refractivity contribution in [3.63, 3.8) is 0 Å². The number of hydrogen-bond donors (Lipinski definition) is 1. The summed E-state index contributed by atoms with van der Waals surface area (Å²) in [5.41, 5.74) is 5.88. The van der Waals surface area contributed by atoms with E-state index in [1.807, 2.05) is 6.07 Å². The molecule has 2 aromatic carbocycles. The molecule has 4 nitrogen and oxygen atoms in total. The Bertz CT molecular complexity index is 1110. The maximum absolute atomic E-state index is 4.86. The Labute approximate surface area is 169 Å². The van der Waals surface area contributed by atoms with Crippen LogP contribution in [-0.4, -0.2) is 20.6 Å². The maximum atomic E-state index is 4.86. The van der Waals surface area contributed by atoms with E-state index >= 15 is 0 Å². The molecule has 1 aliphatic rings. The summed E-state index contributed by atoms with van der Waals surface area (Å²) in [6, 6.07) is 23.7. The van der Waals surface area contributed by atoms with E-state index in [-0.39, 0.29) is 6.04 Å². The highest BCUT2D eigenvalue weighted by atomic mass is 32.2. The predicted octanol–water partition coefficient (Wildman–Crippen LogP) is 4.89. The SMILES string of the molecule is CSc1ccc([C@H]2NCc3c(C)nn(-c4ccccc4)c3-n3cccc32)cc1. The number of hydrogen-bond acceptors (Lipinski definition) is 3. The molecule has 28 heavy (non-hydrogen) atoms. The molecule has 0 bridgehead atoms. The Morgan fingerprint density at radius 3 is 2.54 bits per heavy atom. The van der Waals surface area contributed by atoms with E-state index in [1.165, 1.54) is 21.7 Å². The fourth-order valence-electron chi connectivity index (χ4n) is 3.97. The quantitative estimate of drug-likeness (QED) is 0.509. The molecule has 0 unspecified atom stereocenters. The monoisotopic (exact) mass is 386 g/mol. The molecule has 1 N–H and O–H groups in total. The molecule has 3 heterocycles. The molecule has 0 amide bonds. The predicted molar refractivity (Wildman–Crippen MR) is 115 cm³/mol. The Balaban J connectivity index is 1.66. The minimum absolute atomic E-state index is 0.141. The van der Waals surface area contributed by atoms with Gasteiger partial charge in [-0.05, 0) is 55.1 Å². The van der Waals surface area contributed by atoms with Crippen LogP contribution in [0.3, 0.4) is 0 Å². The Morgan fingerprint density at radius 1 is 1.00 bits per heavy atom. The molecule has 0 spiro atoms. The zero-order valence-corrected chi connectivity index (χ0v) is 16.8. The number of thioether (sulfide) groups is 1. The van der Waals surface area contributed by atoms with Gasteiger partial charge in [0.1, 0.15) is 5.82 Å². The summed E-state index contributed by atoms with van der Waals surface area (Å²) >= 11 is 1.77. The van der Waals surface area contributed by atoms with Gasteiger partial charge in [0.15, 0.2) is 0 Å². The first kappa shape index (κ1) is 17.3. The molecule has 1 atom stereocenters. The zero-order chi connectivity index (χ0) is 19.1. The van der Waals surface area contributed by atoms with Crippen molar-refractivity contribution in [2.75, 3.05) is 6.26 Å². The van der Waals surface area contributed by atoms with Gasteiger partial charge in [0.2, 0.25) is 0 Å². The van der Waals surface area contributed by atoms with Crippen molar-refractivity contribution in [3.8, 4) is 11.5 Å². The van der Waals surface area contributed by atoms with Gasteiger partial charge in [-0.25, -0.2) is 4.68 Å². The summed E-state index contributed by atoms with van der Waals surface area (Å²) in [6.45, 7) is 2.88. The molecular formula is C23H22N4S. The molecule has 1 aliphatic heterocycles. The first-order chi connectivity index (χ1) is 13.8. The normalized spacial score (nSPS) is 15.7. The average Bonchev–Trinajstić information content (AvgIpc) is 3.30. The van der Waals surface area contributed by atoms with Crippen LogP contribution in [0.25, 0.3) is 11.5 Å². The molecule has 4 aromatic rings. The lowest BCUT2D eigenvalue weighted by molar-refractivity contribution is 0.596. The lowest BCUT2D eigenvalue weighted by Gasteiger charge is -2.19. The van der Waals surface area contributed by atoms with Crippen LogP contribution in [0.1, 0.15) is 28.6 Å². The van der Waals surface area contributed by atoms with Crippen LogP contribution in [0.5, 0.6) is 0 Å². The Hall–Kier alpha value is -2.76. The van der Waals surface area contributed by atoms with Gasteiger partial charge < -0.3 is 9.88 Å². The minimum atomic E-state index is 0.141. The maximum Gasteiger partial charge on any atom is 0.145 e. The van der Waals surface area contributed by atoms with E-state index in [0.717, 1.165) is 23.7 Å². The largest absolute Gasteiger partial charge is 0.303 e. The number of rotatable bonds is 3. The van der Waals surface area contributed by atoms with Crippen LogP contribution in [0.2, 0.25) is 0 Å². The highest BCUT2D eigenvalue weighted by molar-refractivity contribution is 7.98. The summed E-state index contributed by atoms with van der Waals surface area (Å²) < 4.78 is 4.35. The first-order valence-corrected chi connectivity index (χ1v) is 10.7. The lowest BCUT2D eigenvalue weighted by atomic mass is 10.0. The van der Waals surface area contributed by atoms with E-state index in [4.69, 9.17) is 5.10 Å². The second-order valence-electron chi connectivity index (χ2n) is 7.03. The van der Waals surface area contributed by atoms with E-state index in [0.29, 0.717) is 0 Å². The van der Waals surface area contributed by atoms with Crippen molar-refractivity contribution < 1.29 is 0 Å². The fraction of sp³-hybridized carbons (Fsp3) is 0.174. The first-order valence-electron chi connectivity index (χ1n) is 9.45. The smallest absolute Gasteiger partial charge is 0.145 e. The van der Waals surface area contributed by atoms with Gasteiger partial charge in [0.05, 0.1) is 17.4 Å². The number of aryl methyl sites for hydroxylation is 1. The van der Waals surface area contributed by atoms with Crippen molar-refractivity contribution in [3.05, 3.63) is 95.4 Å². The van der Waals surface area contributed by atoms with Crippen molar-refractivity contribution in [2.24, 2.45) is 0 Å². The Kier molecular flexibility index (Phi) is 4.34. The molecule has 0 radical (unpaired) electrons. The highest BCUT2D eigenvalue weighted by Gasteiger charge is 2.27. The number of nitrogens with zero attached hydrogens (tertiary/aromatic N) is 3. The highest BCUT2D eigenvalue weighted by Crippen LogP contribution is 2.33. The molecule has 5 heteroatoms. The molecule has 5 rings (SSSR count). The average molecular weight is 387 g/mol. The summed E-state index contributed by atoms with van der Waals surface area (Å²) in [7, 11) is 0. The summed E-state index contributed by atoms with van der Waals surface area (Å²) in [6.07, 6.45) is 4.25. The van der Waals surface area contributed by atoms with Crippen LogP contribution >= 0.6 is 11.8 Å².